The monoisotopic (exact) mass is 280 g/mol. The van der Waals surface area contributed by atoms with Gasteiger partial charge in [-0.15, -0.1) is 0 Å². The van der Waals surface area contributed by atoms with Crippen molar-refractivity contribution >= 4 is 5.97 Å². The number of rotatable bonds is 6. The van der Waals surface area contributed by atoms with Crippen LogP contribution in [-0.4, -0.2) is 23.3 Å². The van der Waals surface area contributed by atoms with Crippen LogP contribution in [0.15, 0.2) is 12.2 Å². The molecule has 0 saturated carbocycles. The first-order valence-corrected chi connectivity index (χ1v) is 7.98. The molecule has 2 heterocycles. The van der Waals surface area contributed by atoms with Crippen molar-refractivity contribution in [2.24, 2.45) is 5.92 Å². The minimum absolute atomic E-state index is 0.0422. The van der Waals surface area contributed by atoms with E-state index in [1.165, 1.54) is 0 Å². The predicted molar refractivity (Wildman–Crippen MR) is 79.5 cm³/mol. The van der Waals surface area contributed by atoms with Crippen LogP contribution in [0.25, 0.3) is 0 Å². The van der Waals surface area contributed by atoms with E-state index in [1.807, 2.05) is 0 Å². The Labute approximate surface area is 122 Å². The highest BCUT2D eigenvalue weighted by molar-refractivity contribution is 5.87. The minimum Gasteiger partial charge on any atom is -0.455 e. The highest BCUT2D eigenvalue weighted by atomic mass is 16.6. The summed E-state index contributed by atoms with van der Waals surface area (Å²) < 4.78 is 12.2. The quantitative estimate of drug-likeness (QED) is 0.544. The van der Waals surface area contributed by atoms with Crippen LogP contribution in [0.3, 0.4) is 0 Å². The van der Waals surface area contributed by atoms with Crippen molar-refractivity contribution in [2.75, 3.05) is 0 Å². The van der Waals surface area contributed by atoms with Gasteiger partial charge in [0.25, 0.3) is 0 Å². The van der Waals surface area contributed by atoms with Crippen LogP contribution < -0.4 is 0 Å². The fourth-order valence-corrected chi connectivity index (χ4v) is 4.01. The molecule has 0 spiro atoms. The van der Waals surface area contributed by atoms with E-state index in [9.17, 15) is 4.79 Å². The number of carbonyl (C=O) groups excluding carboxylic acids is 1. The second-order valence-electron chi connectivity index (χ2n) is 6.48. The van der Waals surface area contributed by atoms with E-state index in [4.69, 9.17) is 9.47 Å². The van der Waals surface area contributed by atoms with Gasteiger partial charge in [-0.2, -0.15) is 0 Å². The van der Waals surface area contributed by atoms with E-state index in [-0.39, 0.29) is 17.7 Å². The van der Waals surface area contributed by atoms with E-state index >= 15 is 0 Å². The maximum Gasteiger partial charge on any atom is 0.333 e. The third-order valence-electron chi connectivity index (χ3n) is 5.49. The van der Waals surface area contributed by atoms with Gasteiger partial charge in [-0.25, -0.2) is 4.79 Å². The lowest BCUT2D eigenvalue weighted by Gasteiger charge is -2.41. The van der Waals surface area contributed by atoms with Crippen molar-refractivity contribution in [3.63, 3.8) is 0 Å². The van der Waals surface area contributed by atoms with Crippen molar-refractivity contribution in [2.45, 2.75) is 83.5 Å². The van der Waals surface area contributed by atoms with Gasteiger partial charge in [0.1, 0.15) is 5.60 Å². The number of ether oxygens (including phenoxy) is 2. The van der Waals surface area contributed by atoms with Gasteiger partial charge in [0.05, 0.1) is 11.7 Å². The second kappa shape index (κ2) is 5.51. The highest BCUT2D eigenvalue weighted by Gasteiger charge is 2.58. The van der Waals surface area contributed by atoms with Crippen molar-refractivity contribution in [3.8, 4) is 0 Å². The van der Waals surface area contributed by atoms with Crippen LogP contribution in [0.1, 0.15) is 66.2 Å². The SMILES string of the molecule is C=C(C)C(=O)OC(CC)(CC)C1CC2(CC)CCC1O2. The summed E-state index contributed by atoms with van der Waals surface area (Å²) >= 11 is 0. The molecule has 0 aliphatic carbocycles. The first-order chi connectivity index (χ1) is 9.42. The topological polar surface area (TPSA) is 35.5 Å². The molecular weight excluding hydrogens is 252 g/mol. The molecule has 0 amide bonds. The van der Waals surface area contributed by atoms with Crippen molar-refractivity contribution in [3.05, 3.63) is 12.2 Å². The molecule has 3 unspecified atom stereocenters. The van der Waals surface area contributed by atoms with E-state index in [0.717, 1.165) is 38.5 Å². The van der Waals surface area contributed by atoms with Gasteiger partial charge in [0.15, 0.2) is 0 Å². The Balaban J connectivity index is 2.21. The number of hydrogen-bond donors (Lipinski definition) is 0. The minimum atomic E-state index is -0.391. The maximum absolute atomic E-state index is 12.0. The van der Waals surface area contributed by atoms with Gasteiger partial charge >= 0.3 is 5.97 Å². The second-order valence-corrected chi connectivity index (χ2v) is 6.48. The average Bonchev–Trinajstić information content (AvgIpc) is 3.03. The largest absolute Gasteiger partial charge is 0.455 e. The number of hydrogen-bond acceptors (Lipinski definition) is 3. The first-order valence-electron chi connectivity index (χ1n) is 7.98. The zero-order valence-corrected chi connectivity index (χ0v) is 13.3. The molecule has 3 heteroatoms. The summed E-state index contributed by atoms with van der Waals surface area (Å²) in [7, 11) is 0. The highest BCUT2D eigenvalue weighted by Crippen LogP contribution is 2.54. The number of carbonyl (C=O) groups is 1. The van der Waals surface area contributed by atoms with E-state index in [0.29, 0.717) is 11.5 Å². The molecule has 0 aromatic carbocycles. The Morgan fingerprint density at radius 3 is 2.50 bits per heavy atom. The van der Waals surface area contributed by atoms with Crippen LogP contribution >= 0.6 is 0 Å². The smallest absolute Gasteiger partial charge is 0.333 e. The summed E-state index contributed by atoms with van der Waals surface area (Å²) in [6.45, 7) is 11.8. The van der Waals surface area contributed by atoms with Gasteiger partial charge < -0.3 is 9.47 Å². The van der Waals surface area contributed by atoms with E-state index < -0.39 is 5.60 Å². The fraction of sp³-hybridized carbons (Fsp3) is 0.824. The van der Waals surface area contributed by atoms with Gasteiger partial charge in [-0.1, -0.05) is 27.4 Å². The normalized spacial score (nSPS) is 32.4. The maximum atomic E-state index is 12.0. The molecule has 114 valence electrons. The summed E-state index contributed by atoms with van der Waals surface area (Å²) in [5, 5.41) is 0. The standard InChI is InChI=1S/C17H28O3/c1-6-16-10-9-14(19-16)13(11-16)17(7-2,8-3)20-15(18)12(4)5/h13-14H,4,6-11H2,1-3,5H3. The Bertz CT molecular complexity index is 397. The molecule has 0 aromatic rings. The lowest BCUT2D eigenvalue weighted by Crippen LogP contribution is -2.46. The Kier molecular flexibility index (Phi) is 4.29. The average molecular weight is 280 g/mol. The van der Waals surface area contributed by atoms with Crippen LogP contribution in [0, 0.1) is 5.92 Å². The third kappa shape index (κ3) is 2.41. The van der Waals surface area contributed by atoms with E-state index in [2.05, 4.69) is 27.4 Å². The molecule has 0 N–H and O–H groups in total. The zero-order chi connectivity index (χ0) is 15.0. The summed E-state index contributed by atoms with van der Waals surface area (Å²) in [6, 6.07) is 0. The van der Waals surface area contributed by atoms with Crippen molar-refractivity contribution in [1.29, 1.82) is 0 Å². The van der Waals surface area contributed by atoms with Crippen LogP contribution in [-0.2, 0) is 14.3 Å². The Morgan fingerprint density at radius 2 is 2.05 bits per heavy atom. The van der Waals surface area contributed by atoms with Gasteiger partial charge in [-0.05, 0) is 45.4 Å². The Hall–Kier alpha value is -0.830. The van der Waals surface area contributed by atoms with Crippen LogP contribution in [0.5, 0.6) is 0 Å². The molecule has 2 aliphatic heterocycles. The third-order valence-corrected chi connectivity index (χ3v) is 5.49. The molecule has 2 fully saturated rings. The van der Waals surface area contributed by atoms with Crippen molar-refractivity contribution in [1.82, 2.24) is 0 Å². The molecule has 0 radical (unpaired) electrons. The fourth-order valence-electron chi connectivity index (χ4n) is 4.01. The first kappa shape index (κ1) is 15.6. The van der Waals surface area contributed by atoms with Gasteiger partial charge in [0, 0.05) is 11.5 Å². The molecule has 3 nitrogen and oxygen atoms in total. The predicted octanol–water partition coefficient (Wildman–Crippen LogP) is 4.01. The van der Waals surface area contributed by atoms with Crippen molar-refractivity contribution < 1.29 is 14.3 Å². The van der Waals surface area contributed by atoms with Gasteiger partial charge in [0.2, 0.25) is 0 Å². The van der Waals surface area contributed by atoms with E-state index in [1.54, 1.807) is 6.92 Å². The molecule has 2 saturated heterocycles. The molecule has 2 bridgehead atoms. The molecular formula is C17H28O3. The molecule has 2 rings (SSSR count). The zero-order valence-electron chi connectivity index (χ0n) is 13.3. The summed E-state index contributed by atoms with van der Waals surface area (Å²) in [5.41, 5.74) is 0.129. The molecule has 0 aromatic heterocycles. The number of fused-ring (bicyclic) bond motifs is 2. The summed E-state index contributed by atoms with van der Waals surface area (Å²) in [5.74, 6) is 0.0662. The lowest BCUT2D eigenvalue weighted by molar-refractivity contribution is -0.165. The van der Waals surface area contributed by atoms with Crippen LogP contribution in [0.2, 0.25) is 0 Å². The molecule has 20 heavy (non-hydrogen) atoms. The van der Waals surface area contributed by atoms with Gasteiger partial charge in [-0.3, -0.25) is 0 Å². The number of esters is 1. The lowest BCUT2D eigenvalue weighted by atomic mass is 9.70. The summed E-state index contributed by atoms with van der Waals surface area (Å²) in [4.78, 5) is 12.0. The molecule has 3 atom stereocenters. The summed E-state index contributed by atoms with van der Waals surface area (Å²) in [6.07, 6.45) is 6.28. The molecule has 2 aliphatic rings. The van der Waals surface area contributed by atoms with Crippen LogP contribution in [0.4, 0.5) is 0 Å². The Morgan fingerprint density at radius 1 is 1.40 bits per heavy atom.